The van der Waals surface area contributed by atoms with Crippen molar-refractivity contribution in [3.05, 3.63) is 71.9 Å². The summed E-state index contributed by atoms with van der Waals surface area (Å²) in [5.74, 6) is 2.46. The van der Waals surface area contributed by atoms with Crippen LogP contribution in [0.5, 0.6) is 5.75 Å². The Balaban J connectivity index is 1.51. The molecule has 36 heavy (non-hydrogen) atoms. The van der Waals surface area contributed by atoms with Crippen molar-refractivity contribution in [1.82, 2.24) is 19.7 Å². The fourth-order valence-corrected chi connectivity index (χ4v) is 4.80. The Morgan fingerprint density at radius 2 is 1.92 bits per heavy atom. The van der Waals surface area contributed by atoms with Gasteiger partial charge in [0.05, 0.1) is 31.1 Å². The highest BCUT2D eigenvalue weighted by atomic mass is 16.5. The van der Waals surface area contributed by atoms with E-state index in [2.05, 4.69) is 16.1 Å². The van der Waals surface area contributed by atoms with Gasteiger partial charge in [0, 0.05) is 42.8 Å². The number of anilines is 1. The molecule has 0 aliphatic carbocycles. The lowest BCUT2D eigenvalue weighted by molar-refractivity contribution is -0.133. The van der Waals surface area contributed by atoms with Gasteiger partial charge in [-0.3, -0.25) is 9.48 Å². The second kappa shape index (κ2) is 10.8. The van der Waals surface area contributed by atoms with Crippen LogP contribution in [0.4, 0.5) is 5.82 Å². The Bertz CT molecular complexity index is 1310. The summed E-state index contributed by atoms with van der Waals surface area (Å²) in [4.78, 5) is 22.8. The number of carbonyl (C=O) groups excluding carboxylic acids is 1. The maximum absolute atomic E-state index is 13.5. The molecule has 0 spiro atoms. The monoisotopic (exact) mass is 487 g/mol. The largest absolute Gasteiger partial charge is 0.497 e. The molecule has 8 nitrogen and oxygen atoms in total. The minimum Gasteiger partial charge on any atom is -0.497 e. The van der Waals surface area contributed by atoms with Crippen LogP contribution in [-0.2, 0) is 24.4 Å². The van der Waals surface area contributed by atoms with Crippen molar-refractivity contribution >= 4 is 22.6 Å². The number of hydrogen-bond acceptors (Lipinski definition) is 6. The van der Waals surface area contributed by atoms with Gasteiger partial charge < -0.3 is 19.0 Å². The van der Waals surface area contributed by atoms with Gasteiger partial charge in [-0.15, -0.1) is 0 Å². The topological polar surface area (TPSA) is 76.6 Å². The van der Waals surface area contributed by atoms with Crippen LogP contribution in [-0.4, -0.2) is 45.8 Å². The quantitative estimate of drug-likeness (QED) is 0.350. The smallest absolute Gasteiger partial charge is 0.245 e. The Kier molecular flexibility index (Phi) is 7.21. The van der Waals surface area contributed by atoms with Gasteiger partial charge in [-0.25, -0.2) is 4.98 Å². The number of nitrogens with zero attached hydrogens (tertiary/aromatic N) is 5. The molecule has 1 aromatic carbocycles. The molecular formula is C28H33N5O3. The van der Waals surface area contributed by atoms with E-state index in [1.165, 1.54) is 12.8 Å². The van der Waals surface area contributed by atoms with E-state index in [9.17, 15) is 4.79 Å². The Hall–Kier alpha value is -3.81. The van der Waals surface area contributed by atoms with E-state index in [-0.39, 0.29) is 12.5 Å². The van der Waals surface area contributed by atoms with E-state index in [4.69, 9.17) is 14.1 Å². The standard InChI is InChI=1S/C28H33N5O3/c1-21-11-14-33(30-21)20-27(34)32(19-25-8-7-15-36-25)18-23-16-22-9-10-24(35-2)17-26(22)29-28(23)31-12-5-3-4-6-13-31/h7-11,14-17H,3-6,12-13,18-20H2,1-2H3. The number of aromatic nitrogens is 3. The van der Waals surface area contributed by atoms with E-state index in [1.54, 1.807) is 18.1 Å². The van der Waals surface area contributed by atoms with Gasteiger partial charge in [-0.05, 0) is 56.2 Å². The van der Waals surface area contributed by atoms with Gasteiger partial charge in [0.25, 0.3) is 0 Å². The number of pyridine rings is 1. The maximum atomic E-state index is 13.5. The molecule has 0 bridgehead atoms. The molecule has 8 heteroatoms. The van der Waals surface area contributed by atoms with Gasteiger partial charge in [-0.1, -0.05) is 12.8 Å². The average Bonchev–Trinajstić information content (AvgIpc) is 3.46. The van der Waals surface area contributed by atoms with E-state index < -0.39 is 0 Å². The first kappa shape index (κ1) is 23.9. The lowest BCUT2D eigenvalue weighted by Gasteiger charge is -2.28. The van der Waals surface area contributed by atoms with E-state index >= 15 is 0 Å². The number of hydrogen-bond donors (Lipinski definition) is 0. The first-order valence-electron chi connectivity index (χ1n) is 12.6. The van der Waals surface area contributed by atoms with E-state index in [1.807, 2.05) is 54.4 Å². The second-order valence-corrected chi connectivity index (χ2v) is 9.41. The molecule has 1 amide bonds. The number of rotatable bonds is 8. The minimum absolute atomic E-state index is 0.0221. The molecule has 1 aliphatic rings. The van der Waals surface area contributed by atoms with Crippen molar-refractivity contribution in [3.63, 3.8) is 0 Å². The minimum atomic E-state index is -0.0221. The molecule has 0 atom stereocenters. The van der Waals surface area contributed by atoms with Crippen LogP contribution in [0.25, 0.3) is 10.9 Å². The normalized spacial score (nSPS) is 14.1. The van der Waals surface area contributed by atoms with E-state index in [0.717, 1.165) is 65.4 Å². The SMILES string of the molecule is COc1ccc2cc(CN(Cc3ccco3)C(=O)Cn3ccc(C)n3)c(N3CCCCCC3)nc2c1. The molecule has 4 heterocycles. The lowest BCUT2D eigenvalue weighted by Crippen LogP contribution is -2.34. The highest BCUT2D eigenvalue weighted by molar-refractivity contribution is 5.84. The molecule has 5 rings (SSSR count). The zero-order valence-corrected chi connectivity index (χ0v) is 21.0. The van der Waals surface area contributed by atoms with Gasteiger partial charge >= 0.3 is 0 Å². The Labute approximate surface area is 211 Å². The van der Waals surface area contributed by atoms with Crippen LogP contribution in [0.15, 0.2) is 59.3 Å². The van der Waals surface area contributed by atoms with E-state index in [0.29, 0.717) is 13.1 Å². The van der Waals surface area contributed by atoms with Crippen molar-refractivity contribution in [3.8, 4) is 5.75 Å². The summed E-state index contributed by atoms with van der Waals surface area (Å²) in [6, 6.07) is 13.8. The Morgan fingerprint density at radius 3 is 2.61 bits per heavy atom. The van der Waals surface area contributed by atoms with Gasteiger partial charge in [0.15, 0.2) is 0 Å². The molecule has 4 aromatic rings. The molecule has 1 saturated heterocycles. The molecule has 0 unspecified atom stereocenters. The number of aryl methyl sites for hydroxylation is 1. The molecular weight excluding hydrogens is 454 g/mol. The maximum Gasteiger partial charge on any atom is 0.245 e. The predicted molar refractivity (Wildman–Crippen MR) is 139 cm³/mol. The average molecular weight is 488 g/mol. The molecule has 3 aromatic heterocycles. The Morgan fingerprint density at radius 1 is 1.08 bits per heavy atom. The van der Waals surface area contributed by atoms with Crippen LogP contribution < -0.4 is 9.64 Å². The highest BCUT2D eigenvalue weighted by Gasteiger charge is 2.22. The van der Waals surface area contributed by atoms with Crippen LogP contribution in [0.3, 0.4) is 0 Å². The third kappa shape index (κ3) is 5.53. The zero-order chi connectivity index (χ0) is 24.9. The summed E-state index contributed by atoms with van der Waals surface area (Å²) in [7, 11) is 1.67. The van der Waals surface area contributed by atoms with Gasteiger partial charge in [0.2, 0.25) is 5.91 Å². The van der Waals surface area contributed by atoms with Crippen molar-refractivity contribution in [2.45, 2.75) is 52.2 Å². The first-order chi connectivity index (χ1) is 17.6. The summed E-state index contributed by atoms with van der Waals surface area (Å²) < 4.78 is 12.7. The molecule has 1 aliphatic heterocycles. The zero-order valence-electron chi connectivity index (χ0n) is 21.0. The van der Waals surface area contributed by atoms with Gasteiger partial charge in [0.1, 0.15) is 23.9 Å². The highest BCUT2D eigenvalue weighted by Crippen LogP contribution is 2.29. The summed E-state index contributed by atoms with van der Waals surface area (Å²) >= 11 is 0. The summed E-state index contributed by atoms with van der Waals surface area (Å²) in [6.45, 7) is 4.84. The lowest BCUT2D eigenvalue weighted by atomic mass is 10.1. The second-order valence-electron chi connectivity index (χ2n) is 9.41. The summed E-state index contributed by atoms with van der Waals surface area (Å²) in [5, 5.41) is 5.43. The third-order valence-corrected chi connectivity index (χ3v) is 6.70. The van der Waals surface area contributed by atoms with Crippen LogP contribution in [0.2, 0.25) is 0 Å². The van der Waals surface area contributed by atoms with Crippen molar-refractivity contribution in [2.24, 2.45) is 0 Å². The number of fused-ring (bicyclic) bond motifs is 1. The molecule has 0 saturated carbocycles. The van der Waals surface area contributed by atoms with Crippen LogP contribution in [0.1, 0.15) is 42.7 Å². The number of ether oxygens (including phenoxy) is 1. The van der Waals surface area contributed by atoms with Crippen LogP contribution >= 0.6 is 0 Å². The first-order valence-corrected chi connectivity index (χ1v) is 12.6. The fourth-order valence-electron chi connectivity index (χ4n) is 4.80. The third-order valence-electron chi connectivity index (χ3n) is 6.70. The van der Waals surface area contributed by atoms with Gasteiger partial charge in [-0.2, -0.15) is 5.10 Å². The fraction of sp³-hybridized carbons (Fsp3) is 0.393. The number of amides is 1. The predicted octanol–water partition coefficient (Wildman–Crippen LogP) is 4.95. The number of methoxy groups -OCH3 is 1. The number of benzene rings is 1. The molecule has 0 N–H and O–H groups in total. The van der Waals surface area contributed by atoms with Crippen molar-refractivity contribution < 1.29 is 13.9 Å². The molecule has 188 valence electrons. The molecule has 0 radical (unpaired) electrons. The number of furan rings is 1. The van der Waals surface area contributed by atoms with Crippen molar-refractivity contribution in [1.29, 1.82) is 0 Å². The van der Waals surface area contributed by atoms with Crippen LogP contribution in [0, 0.1) is 6.92 Å². The molecule has 1 fully saturated rings. The summed E-state index contributed by atoms with van der Waals surface area (Å²) in [5.41, 5.74) is 2.82. The van der Waals surface area contributed by atoms with Crippen molar-refractivity contribution in [2.75, 3.05) is 25.1 Å². The summed E-state index contributed by atoms with van der Waals surface area (Å²) in [6.07, 6.45) is 8.24. The number of carbonyl (C=O) groups is 1.